The molecule has 4 aliphatic heterocycles. The fourth-order valence-electron chi connectivity index (χ4n) is 5.40. The Morgan fingerprint density at radius 3 is 2.64 bits per heavy atom. The number of furan rings is 1. The van der Waals surface area contributed by atoms with Gasteiger partial charge in [-0.3, -0.25) is 9.80 Å². The fraction of sp³-hybridized carbons (Fsp3) is 0.500. The zero-order chi connectivity index (χ0) is 17.0. The first-order valence-electron chi connectivity index (χ1n) is 9.17. The molecule has 0 amide bonds. The highest BCUT2D eigenvalue weighted by Gasteiger charge is 2.53. The summed E-state index contributed by atoms with van der Waals surface area (Å²) in [6, 6.07) is 9.18. The molecule has 0 radical (unpaired) electrons. The van der Waals surface area contributed by atoms with Gasteiger partial charge >= 0.3 is 0 Å². The highest BCUT2D eigenvalue weighted by molar-refractivity contribution is 5.29. The highest BCUT2D eigenvalue weighted by atomic mass is 19.2. The van der Waals surface area contributed by atoms with Crippen LogP contribution in [0, 0.1) is 17.6 Å². The summed E-state index contributed by atoms with van der Waals surface area (Å²) in [7, 11) is 0. The molecule has 0 N–H and O–H groups in total. The van der Waals surface area contributed by atoms with Crippen LogP contribution in [0.25, 0.3) is 0 Å². The first kappa shape index (κ1) is 15.5. The third-order valence-electron chi connectivity index (χ3n) is 6.41. The monoisotopic (exact) mass is 344 g/mol. The van der Waals surface area contributed by atoms with Crippen molar-refractivity contribution < 1.29 is 13.2 Å². The van der Waals surface area contributed by atoms with Crippen LogP contribution in [0.3, 0.4) is 0 Å². The lowest BCUT2D eigenvalue weighted by Gasteiger charge is -2.51. The van der Waals surface area contributed by atoms with Crippen LogP contribution >= 0.6 is 0 Å². The van der Waals surface area contributed by atoms with Crippen LogP contribution in [0.1, 0.15) is 30.1 Å². The molecule has 25 heavy (non-hydrogen) atoms. The summed E-state index contributed by atoms with van der Waals surface area (Å²) in [6.07, 6.45) is 4.10. The SMILES string of the molecule is Fc1cccc([C@H]2CN(Cc3ccco3)[C@@H]3C4CCN(CC4)[C@H]23)c1F. The molecule has 4 aliphatic rings. The van der Waals surface area contributed by atoms with Gasteiger partial charge in [0.05, 0.1) is 12.8 Å². The van der Waals surface area contributed by atoms with E-state index < -0.39 is 11.6 Å². The van der Waals surface area contributed by atoms with Gasteiger partial charge in [0.25, 0.3) is 0 Å². The van der Waals surface area contributed by atoms with E-state index in [2.05, 4.69) is 9.80 Å². The van der Waals surface area contributed by atoms with Gasteiger partial charge in [-0.2, -0.15) is 0 Å². The number of benzene rings is 1. The lowest BCUT2D eigenvalue weighted by atomic mass is 9.75. The van der Waals surface area contributed by atoms with Crippen molar-refractivity contribution in [2.24, 2.45) is 5.92 Å². The molecule has 1 aromatic heterocycles. The molecule has 3 nitrogen and oxygen atoms in total. The van der Waals surface area contributed by atoms with E-state index in [9.17, 15) is 8.78 Å². The van der Waals surface area contributed by atoms with Crippen LogP contribution in [0.4, 0.5) is 8.78 Å². The number of rotatable bonds is 3. The van der Waals surface area contributed by atoms with E-state index in [4.69, 9.17) is 4.42 Å². The van der Waals surface area contributed by atoms with Crippen LogP contribution < -0.4 is 0 Å². The van der Waals surface area contributed by atoms with Gasteiger partial charge in [-0.1, -0.05) is 12.1 Å². The van der Waals surface area contributed by atoms with Crippen LogP contribution in [-0.4, -0.2) is 41.5 Å². The maximum Gasteiger partial charge on any atom is 0.162 e. The molecule has 3 atom stereocenters. The van der Waals surface area contributed by atoms with Gasteiger partial charge < -0.3 is 4.42 Å². The highest BCUT2D eigenvalue weighted by Crippen LogP contribution is 2.47. The van der Waals surface area contributed by atoms with Crippen molar-refractivity contribution in [3.63, 3.8) is 0 Å². The van der Waals surface area contributed by atoms with E-state index in [0.29, 0.717) is 17.5 Å². The molecular formula is C20H22F2N2O. The van der Waals surface area contributed by atoms with Crippen molar-refractivity contribution in [2.45, 2.75) is 37.4 Å². The third kappa shape index (κ3) is 2.44. The molecular weight excluding hydrogens is 322 g/mol. The molecule has 6 rings (SSSR count). The van der Waals surface area contributed by atoms with Crippen molar-refractivity contribution in [2.75, 3.05) is 19.6 Å². The molecule has 0 saturated carbocycles. The predicted molar refractivity (Wildman–Crippen MR) is 90.1 cm³/mol. The number of piperidine rings is 3. The van der Waals surface area contributed by atoms with Crippen LogP contribution in [-0.2, 0) is 6.54 Å². The maximum absolute atomic E-state index is 14.5. The Morgan fingerprint density at radius 2 is 1.88 bits per heavy atom. The van der Waals surface area contributed by atoms with Gasteiger partial charge in [0, 0.05) is 24.5 Å². The Hall–Kier alpha value is -1.72. The average Bonchev–Trinajstić information content (AvgIpc) is 3.28. The minimum atomic E-state index is -0.741. The topological polar surface area (TPSA) is 19.6 Å². The lowest BCUT2D eigenvalue weighted by Crippen LogP contribution is -2.60. The van der Waals surface area contributed by atoms with Gasteiger partial charge in [-0.05, 0) is 55.6 Å². The number of likely N-dealkylation sites (tertiary alicyclic amines) is 1. The number of hydrogen-bond donors (Lipinski definition) is 0. The Bertz CT molecular complexity index is 755. The minimum Gasteiger partial charge on any atom is -0.468 e. The van der Waals surface area contributed by atoms with Gasteiger partial charge in [-0.25, -0.2) is 8.78 Å². The average molecular weight is 344 g/mol. The third-order valence-corrected chi connectivity index (χ3v) is 6.41. The molecule has 0 spiro atoms. The van der Waals surface area contributed by atoms with E-state index >= 15 is 0 Å². The second-order valence-electron chi connectivity index (χ2n) is 7.61. The van der Waals surface area contributed by atoms with E-state index in [1.165, 1.54) is 18.9 Å². The Morgan fingerprint density at radius 1 is 1.04 bits per heavy atom. The van der Waals surface area contributed by atoms with Crippen LogP contribution in [0.2, 0.25) is 0 Å². The molecule has 0 unspecified atom stereocenters. The quantitative estimate of drug-likeness (QED) is 0.848. The Kier molecular flexibility index (Phi) is 3.68. The molecule has 1 aromatic carbocycles. The van der Waals surface area contributed by atoms with E-state index in [-0.39, 0.29) is 12.0 Å². The zero-order valence-electron chi connectivity index (χ0n) is 14.1. The van der Waals surface area contributed by atoms with Gasteiger partial charge in [0.2, 0.25) is 0 Å². The van der Waals surface area contributed by atoms with Crippen molar-refractivity contribution in [3.05, 3.63) is 59.6 Å². The van der Waals surface area contributed by atoms with E-state index in [1.807, 2.05) is 12.1 Å². The summed E-state index contributed by atoms with van der Waals surface area (Å²) in [5.41, 5.74) is 0.532. The maximum atomic E-state index is 14.5. The number of fused-ring (bicyclic) bond motifs is 2. The summed E-state index contributed by atoms with van der Waals surface area (Å²) in [5.74, 6) is 0.184. The summed E-state index contributed by atoms with van der Waals surface area (Å²) < 4.78 is 33.9. The second-order valence-corrected chi connectivity index (χ2v) is 7.61. The normalized spacial score (nSPS) is 34.4. The summed E-state index contributed by atoms with van der Waals surface area (Å²) in [6.45, 7) is 3.65. The first-order valence-corrected chi connectivity index (χ1v) is 9.17. The summed E-state index contributed by atoms with van der Waals surface area (Å²) in [5, 5.41) is 0. The van der Waals surface area contributed by atoms with Crippen molar-refractivity contribution in [1.29, 1.82) is 0 Å². The molecule has 5 heterocycles. The van der Waals surface area contributed by atoms with Crippen molar-refractivity contribution in [3.8, 4) is 0 Å². The van der Waals surface area contributed by atoms with Gasteiger partial charge in [-0.15, -0.1) is 0 Å². The molecule has 132 valence electrons. The number of halogens is 2. The Balaban J connectivity index is 1.52. The van der Waals surface area contributed by atoms with Gasteiger partial charge in [0.1, 0.15) is 5.76 Å². The largest absolute Gasteiger partial charge is 0.468 e. The Labute approximate surface area is 146 Å². The number of nitrogens with zero attached hydrogens (tertiary/aromatic N) is 2. The van der Waals surface area contributed by atoms with E-state index in [1.54, 1.807) is 18.4 Å². The van der Waals surface area contributed by atoms with E-state index in [0.717, 1.165) is 31.9 Å². The molecule has 5 heteroatoms. The molecule has 2 aromatic rings. The zero-order valence-corrected chi connectivity index (χ0v) is 14.1. The molecule has 2 bridgehead atoms. The summed E-state index contributed by atoms with van der Waals surface area (Å²) in [4.78, 5) is 4.94. The smallest absolute Gasteiger partial charge is 0.162 e. The molecule has 4 fully saturated rings. The fourth-order valence-corrected chi connectivity index (χ4v) is 5.40. The van der Waals surface area contributed by atoms with Crippen molar-refractivity contribution >= 4 is 0 Å². The predicted octanol–water partition coefficient (Wildman–Crippen LogP) is 3.62. The van der Waals surface area contributed by atoms with Crippen LogP contribution in [0.5, 0.6) is 0 Å². The lowest BCUT2D eigenvalue weighted by molar-refractivity contribution is -0.0103. The van der Waals surface area contributed by atoms with Crippen molar-refractivity contribution in [1.82, 2.24) is 9.80 Å². The number of hydrogen-bond acceptors (Lipinski definition) is 3. The first-order chi connectivity index (χ1) is 12.2. The minimum absolute atomic E-state index is 0.0127. The molecule has 4 saturated heterocycles. The summed E-state index contributed by atoms with van der Waals surface area (Å²) >= 11 is 0. The van der Waals surface area contributed by atoms with Gasteiger partial charge in [0.15, 0.2) is 11.6 Å². The molecule has 0 aliphatic carbocycles. The van der Waals surface area contributed by atoms with Crippen LogP contribution in [0.15, 0.2) is 41.0 Å². The second kappa shape index (κ2) is 5.92. The standard InChI is InChI=1S/C20H22F2N2O/c21-17-5-1-4-15(18(17)22)16-12-24(11-14-3-2-10-25-14)19-13-6-8-23(9-7-13)20(16)19/h1-5,10,13,16,19-20H,6-9,11-12H2/t16-,19-,20-/m1/s1.